The smallest absolute Gasteiger partial charge is 0.227 e. The first-order valence-electron chi connectivity index (χ1n) is 6.25. The van der Waals surface area contributed by atoms with E-state index in [1.165, 1.54) is 0 Å². The summed E-state index contributed by atoms with van der Waals surface area (Å²) in [6.07, 6.45) is 3.82. The predicted octanol–water partition coefficient (Wildman–Crippen LogP) is 2.87. The Bertz CT molecular complexity index is 395. The number of nitrogens with one attached hydrogen (secondary N) is 1. The number of hydrogen-bond acceptors (Lipinski definition) is 2. The van der Waals surface area contributed by atoms with Gasteiger partial charge in [0, 0.05) is 11.6 Å². The average Bonchev–Trinajstić information content (AvgIpc) is 2.82. The van der Waals surface area contributed by atoms with Crippen LogP contribution in [-0.4, -0.2) is 11.0 Å². The zero-order chi connectivity index (χ0) is 12.3. The van der Waals surface area contributed by atoms with E-state index in [9.17, 15) is 9.90 Å². The van der Waals surface area contributed by atoms with Crippen LogP contribution in [0.5, 0.6) is 0 Å². The molecule has 1 aromatic rings. The average molecular weight is 233 g/mol. The van der Waals surface area contributed by atoms with E-state index in [1.54, 1.807) is 6.92 Å². The molecule has 1 atom stereocenters. The summed E-state index contributed by atoms with van der Waals surface area (Å²) in [6.45, 7) is 1.72. The highest BCUT2D eigenvalue weighted by Crippen LogP contribution is 2.26. The van der Waals surface area contributed by atoms with Gasteiger partial charge in [0.05, 0.1) is 6.10 Å². The van der Waals surface area contributed by atoms with Crippen molar-refractivity contribution >= 4 is 11.6 Å². The zero-order valence-electron chi connectivity index (χ0n) is 10.1. The molecule has 3 heteroatoms. The normalized spacial score (nSPS) is 18.0. The van der Waals surface area contributed by atoms with Gasteiger partial charge in [-0.2, -0.15) is 0 Å². The number of carbonyl (C=O) groups is 1. The van der Waals surface area contributed by atoms with Crippen molar-refractivity contribution < 1.29 is 9.90 Å². The maximum absolute atomic E-state index is 11.9. The minimum Gasteiger partial charge on any atom is -0.389 e. The molecular formula is C14H19NO2. The second-order valence-electron chi connectivity index (χ2n) is 4.77. The molecule has 0 heterocycles. The summed E-state index contributed by atoms with van der Waals surface area (Å²) >= 11 is 0. The van der Waals surface area contributed by atoms with Crippen molar-refractivity contribution in [2.45, 2.75) is 38.7 Å². The van der Waals surface area contributed by atoms with Crippen LogP contribution in [0.25, 0.3) is 0 Å². The van der Waals surface area contributed by atoms with E-state index in [-0.39, 0.29) is 11.8 Å². The third-order valence-corrected chi connectivity index (χ3v) is 3.36. The highest BCUT2D eigenvalue weighted by atomic mass is 16.3. The van der Waals surface area contributed by atoms with Gasteiger partial charge < -0.3 is 10.4 Å². The van der Waals surface area contributed by atoms with Crippen molar-refractivity contribution in [2.24, 2.45) is 5.92 Å². The van der Waals surface area contributed by atoms with Crippen LogP contribution in [0.1, 0.15) is 44.3 Å². The molecule has 1 unspecified atom stereocenters. The summed E-state index contributed by atoms with van der Waals surface area (Å²) in [5, 5.41) is 12.4. The first-order chi connectivity index (χ1) is 8.16. The number of carbonyl (C=O) groups excluding carboxylic acids is 1. The predicted molar refractivity (Wildman–Crippen MR) is 67.7 cm³/mol. The Labute approximate surface area is 102 Å². The molecule has 0 aliphatic heterocycles. The SMILES string of the molecule is CC(O)c1cccc(NC(=O)C2CCCC2)c1. The largest absolute Gasteiger partial charge is 0.389 e. The Morgan fingerprint density at radius 1 is 1.41 bits per heavy atom. The number of hydrogen-bond donors (Lipinski definition) is 2. The second kappa shape index (κ2) is 5.32. The van der Waals surface area contributed by atoms with E-state index < -0.39 is 6.10 Å². The second-order valence-corrected chi connectivity index (χ2v) is 4.77. The molecule has 0 radical (unpaired) electrons. The third kappa shape index (κ3) is 3.07. The summed E-state index contributed by atoms with van der Waals surface area (Å²) in [5.74, 6) is 0.287. The highest BCUT2D eigenvalue weighted by Gasteiger charge is 2.22. The number of rotatable bonds is 3. The van der Waals surface area contributed by atoms with Crippen molar-refractivity contribution in [1.29, 1.82) is 0 Å². The van der Waals surface area contributed by atoms with Crippen LogP contribution >= 0.6 is 0 Å². The molecule has 1 aliphatic rings. The molecule has 1 fully saturated rings. The van der Waals surface area contributed by atoms with Crippen molar-refractivity contribution in [2.75, 3.05) is 5.32 Å². The van der Waals surface area contributed by atoms with Gasteiger partial charge in [0.1, 0.15) is 0 Å². The van der Waals surface area contributed by atoms with E-state index in [1.807, 2.05) is 24.3 Å². The Hall–Kier alpha value is -1.35. The minimum atomic E-state index is -0.502. The number of anilines is 1. The van der Waals surface area contributed by atoms with Gasteiger partial charge in [0.15, 0.2) is 0 Å². The Morgan fingerprint density at radius 2 is 2.12 bits per heavy atom. The van der Waals surface area contributed by atoms with Crippen molar-refractivity contribution in [3.8, 4) is 0 Å². The van der Waals surface area contributed by atoms with E-state index in [4.69, 9.17) is 0 Å². The lowest BCUT2D eigenvalue weighted by molar-refractivity contribution is -0.119. The Balaban J connectivity index is 2.02. The van der Waals surface area contributed by atoms with Gasteiger partial charge in [-0.25, -0.2) is 0 Å². The maximum atomic E-state index is 11.9. The first-order valence-corrected chi connectivity index (χ1v) is 6.25. The summed E-state index contributed by atoms with van der Waals surface area (Å²) in [5.41, 5.74) is 1.61. The van der Waals surface area contributed by atoms with Crippen LogP contribution in [0.15, 0.2) is 24.3 Å². The molecule has 1 aromatic carbocycles. The number of aliphatic hydroxyl groups is 1. The van der Waals surface area contributed by atoms with Gasteiger partial charge in [-0.15, -0.1) is 0 Å². The maximum Gasteiger partial charge on any atom is 0.227 e. The van der Waals surface area contributed by atoms with Gasteiger partial charge >= 0.3 is 0 Å². The molecule has 0 bridgehead atoms. The lowest BCUT2D eigenvalue weighted by atomic mass is 10.1. The van der Waals surface area contributed by atoms with Crippen LogP contribution in [0.3, 0.4) is 0 Å². The number of amides is 1. The molecule has 1 amide bonds. The fourth-order valence-electron chi connectivity index (χ4n) is 2.31. The first kappa shape index (κ1) is 12.1. The van der Waals surface area contributed by atoms with Gasteiger partial charge in [0.25, 0.3) is 0 Å². The van der Waals surface area contributed by atoms with Gasteiger partial charge in [-0.3, -0.25) is 4.79 Å². The fourth-order valence-corrected chi connectivity index (χ4v) is 2.31. The van der Waals surface area contributed by atoms with E-state index >= 15 is 0 Å². The lowest BCUT2D eigenvalue weighted by Gasteiger charge is -2.12. The Kier molecular flexibility index (Phi) is 3.79. The molecule has 2 rings (SSSR count). The van der Waals surface area contributed by atoms with Crippen molar-refractivity contribution in [3.63, 3.8) is 0 Å². The lowest BCUT2D eigenvalue weighted by Crippen LogP contribution is -2.20. The summed E-state index contributed by atoms with van der Waals surface area (Å²) in [6, 6.07) is 7.40. The summed E-state index contributed by atoms with van der Waals surface area (Å²) < 4.78 is 0. The molecule has 3 nitrogen and oxygen atoms in total. The minimum absolute atomic E-state index is 0.116. The van der Waals surface area contributed by atoms with E-state index in [0.29, 0.717) is 0 Å². The van der Waals surface area contributed by atoms with Crippen LogP contribution < -0.4 is 5.32 Å². The van der Waals surface area contributed by atoms with Gasteiger partial charge in [-0.05, 0) is 37.5 Å². The van der Waals surface area contributed by atoms with Gasteiger partial charge in [0.2, 0.25) is 5.91 Å². The molecule has 92 valence electrons. The highest BCUT2D eigenvalue weighted by molar-refractivity contribution is 5.92. The van der Waals surface area contributed by atoms with E-state index in [2.05, 4.69) is 5.32 Å². The molecule has 2 N–H and O–H groups in total. The van der Waals surface area contributed by atoms with Gasteiger partial charge in [-0.1, -0.05) is 25.0 Å². The quantitative estimate of drug-likeness (QED) is 0.843. The standard InChI is InChI=1S/C14H19NO2/c1-10(16)12-7-4-8-13(9-12)15-14(17)11-5-2-3-6-11/h4,7-11,16H,2-3,5-6H2,1H3,(H,15,17). The van der Waals surface area contributed by atoms with Crippen LogP contribution in [-0.2, 0) is 4.79 Å². The molecule has 1 aliphatic carbocycles. The fraction of sp³-hybridized carbons (Fsp3) is 0.500. The summed E-state index contributed by atoms with van der Waals surface area (Å²) in [7, 11) is 0. The van der Waals surface area contributed by atoms with Crippen molar-refractivity contribution in [3.05, 3.63) is 29.8 Å². The molecule has 1 saturated carbocycles. The van der Waals surface area contributed by atoms with Crippen molar-refractivity contribution in [1.82, 2.24) is 0 Å². The topological polar surface area (TPSA) is 49.3 Å². The van der Waals surface area contributed by atoms with Crippen LogP contribution in [0, 0.1) is 5.92 Å². The van der Waals surface area contributed by atoms with Crippen LogP contribution in [0.2, 0.25) is 0 Å². The molecule has 17 heavy (non-hydrogen) atoms. The summed E-state index contributed by atoms with van der Waals surface area (Å²) in [4.78, 5) is 11.9. The zero-order valence-corrected chi connectivity index (χ0v) is 10.1. The monoisotopic (exact) mass is 233 g/mol. The van der Waals surface area contributed by atoms with E-state index in [0.717, 1.165) is 36.9 Å². The number of benzene rings is 1. The molecular weight excluding hydrogens is 214 g/mol. The Morgan fingerprint density at radius 3 is 2.76 bits per heavy atom. The third-order valence-electron chi connectivity index (χ3n) is 3.36. The molecule has 0 saturated heterocycles. The van der Waals surface area contributed by atoms with Crippen LogP contribution in [0.4, 0.5) is 5.69 Å². The number of aliphatic hydroxyl groups excluding tert-OH is 1. The molecule has 0 spiro atoms. The molecule has 0 aromatic heterocycles.